The van der Waals surface area contributed by atoms with E-state index < -0.39 is 11.8 Å². The number of terminal acetylenes is 1. The van der Waals surface area contributed by atoms with Gasteiger partial charge in [0.2, 0.25) is 0 Å². The number of halogens is 3. The average molecular weight is 2230 g/mol. The number of ether oxygens (including phenoxy) is 4. The topological polar surface area (TPSA) is 377 Å². The van der Waals surface area contributed by atoms with Crippen LogP contribution in [0.15, 0.2) is 197 Å². The Balaban J connectivity index is 0.000000117. The first-order valence-corrected chi connectivity index (χ1v) is 53.9. The lowest BCUT2D eigenvalue weighted by Crippen LogP contribution is -2.49. The van der Waals surface area contributed by atoms with E-state index in [-0.39, 0.29) is 75.8 Å². The maximum absolute atomic E-state index is 13.1. The third kappa shape index (κ3) is 26.4. The molecular formula is C113H123Br3N20O14. The Hall–Kier alpha value is -13.1. The van der Waals surface area contributed by atoms with Gasteiger partial charge in [0, 0.05) is 201 Å². The van der Waals surface area contributed by atoms with Crippen LogP contribution in [0.3, 0.4) is 0 Å². The molecule has 0 amide bonds. The fourth-order valence-corrected chi connectivity index (χ4v) is 23.5. The minimum absolute atomic E-state index is 0.0552. The number of nitrogen functional groups attached to an aromatic ring is 1. The normalized spacial score (nSPS) is 21.5. The van der Waals surface area contributed by atoms with Gasteiger partial charge in [-0.2, -0.15) is 0 Å². The van der Waals surface area contributed by atoms with Crippen molar-refractivity contribution in [1.29, 1.82) is 0 Å². The zero-order valence-corrected chi connectivity index (χ0v) is 89.5. The summed E-state index contributed by atoms with van der Waals surface area (Å²) in [5, 5.41) is 0. The molecule has 12 aromatic heterocycles. The van der Waals surface area contributed by atoms with E-state index >= 15 is 0 Å². The number of rotatable bonds is 7. The van der Waals surface area contributed by atoms with Gasteiger partial charge in [0.05, 0.1) is 86.3 Å². The van der Waals surface area contributed by atoms with E-state index in [9.17, 15) is 47.9 Å². The summed E-state index contributed by atoms with van der Waals surface area (Å²) in [6.45, 7) is 13.0. The van der Waals surface area contributed by atoms with E-state index in [4.69, 9.17) is 32.1 Å². The number of methoxy groups -OCH3 is 4. The summed E-state index contributed by atoms with van der Waals surface area (Å²) in [6.07, 6.45) is 40.1. The van der Waals surface area contributed by atoms with Crippen molar-refractivity contribution >= 4 is 112 Å². The predicted molar refractivity (Wildman–Crippen MR) is 576 cm³/mol. The van der Waals surface area contributed by atoms with Gasteiger partial charge in [-0.05, 0) is 245 Å². The second kappa shape index (κ2) is 51.1. The maximum Gasteiger partial charge on any atom is 0.317 e. The van der Waals surface area contributed by atoms with Crippen LogP contribution >= 0.6 is 47.8 Å². The lowest BCUT2D eigenvalue weighted by Gasteiger charge is -2.33. The third-order valence-corrected chi connectivity index (χ3v) is 31.5. The Labute approximate surface area is 895 Å². The number of aromatic nitrogens is 12. The molecule has 0 bridgehead atoms. The maximum atomic E-state index is 13.1. The van der Waals surface area contributed by atoms with Crippen molar-refractivity contribution < 1.29 is 47.7 Å². The van der Waals surface area contributed by atoms with Crippen molar-refractivity contribution in [3.8, 4) is 36.0 Å². The molecule has 0 spiro atoms. The van der Waals surface area contributed by atoms with Crippen molar-refractivity contribution in [2.24, 2.45) is 11.8 Å². The highest BCUT2D eigenvalue weighted by molar-refractivity contribution is 9.11. The second-order valence-corrected chi connectivity index (χ2v) is 41.9. The van der Waals surface area contributed by atoms with Gasteiger partial charge in [-0.3, -0.25) is 99.8 Å². The number of fused-ring (bicyclic) bond motifs is 16. The van der Waals surface area contributed by atoms with Crippen LogP contribution in [0.2, 0.25) is 0 Å². The van der Waals surface area contributed by atoms with Crippen LogP contribution in [0.25, 0.3) is 22.6 Å². The van der Waals surface area contributed by atoms with Gasteiger partial charge in [-0.25, -0.2) is 39.9 Å². The molecule has 0 aliphatic carbocycles. The summed E-state index contributed by atoms with van der Waals surface area (Å²) in [7, 11) is 5.48. The summed E-state index contributed by atoms with van der Waals surface area (Å²) in [5.74, 6) is 13.2. The molecule has 13 aliphatic rings. The lowest BCUT2D eigenvalue weighted by molar-refractivity contribution is -0.155. The monoisotopic (exact) mass is 2220 g/mol. The number of Topliss-reactive ketones (excluding diaryl/α,β-unsaturated/α-hetero) is 2. The summed E-state index contributed by atoms with van der Waals surface area (Å²) in [6, 6.07) is 37.9. The van der Waals surface area contributed by atoms with Gasteiger partial charge in [-0.1, -0.05) is 83.8 Å². The predicted octanol–water partition coefficient (Wildman–Crippen LogP) is 11.8. The number of carbonyl (C=O) groups is 6. The van der Waals surface area contributed by atoms with Gasteiger partial charge in [-0.15, -0.1) is 6.42 Å². The number of carbonyl (C=O) groups excluding carboxylic acids is 6. The molecule has 2 N–H and O–H groups in total. The molecule has 12 aromatic rings. The van der Waals surface area contributed by atoms with Gasteiger partial charge >= 0.3 is 23.9 Å². The molecule has 9 saturated heterocycles. The van der Waals surface area contributed by atoms with Crippen LogP contribution < -0.4 is 28.0 Å². The van der Waals surface area contributed by atoms with E-state index in [1.165, 1.54) is 60.5 Å². The first-order valence-electron chi connectivity index (χ1n) is 51.5. The first-order chi connectivity index (χ1) is 72.9. The van der Waals surface area contributed by atoms with Gasteiger partial charge in [0.15, 0.2) is 0 Å². The Morgan fingerprint density at radius 1 is 0.413 bits per heavy atom. The number of hydrogen-bond acceptors (Lipinski definition) is 30. The Kier molecular flexibility index (Phi) is 36.9. The van der Waals surface area contributed by atoms with Gasteiger partial charge in [0.1, 0.15) is 68.9 Å². The van der Waals surface area contributed by atoms with E-state index in [2.05, 4.69) is 151 Å². The average Bonchev–Trinajstić information content (AvgIpc) is 1.32. The van der Waals surface area contributed by atoms with Crippen LogP contribution in [0, 0.1) is 47.9 Å². The smallest absolute Gasteiger partial charge is 0.317 e. The van der Waals surface area contributed by atoms with Crippen LogP contribution in [0.5, 0.6) is 0 Å². The van der Waals surface area contributed by atoms with Gasteiger partial charge < -0.3 is 24.7 Å². The molecule has 0 aromatic carbocycles. The molecule has 0 radical (unpaired) electrons. The number of anilines is 1. The quantitative estimate of drug-likeness (QED) is 0.0670. The highest BCUT2D eigenvalue weighted by atomic mass is 79.9. The molecule has 2 unspecified atom stereocenters. The molecule has 34 nitrogen and oxygen atoms in total. The minimum Gasteiger partial charge on any atom is -0.469 e. The zero-order valence-electron chi connectivity index (χ0n) is 84.7. The number of piperidine rings is 2. The van der Waals surface area contributed by atoms with Crippen molar-refractivity contribution in [3.05, 3.63) is 293 Å². The molecule has 25 heterocycles. The molecule has 150 heavy (non-hydrogen) atoms. The van der Waals surface area contributed by atoms with Crippen LogP contribution in [0.4, 0.5) is 5.82 Å². The number of hydrogen-bond donors (Lipinski definition) is 1. The zero-order chi connectivity index (χ0) is 105. The highest BCUT2D eigenvalue weighted by Gasteiger charge is 2.46. The number of nitrogens with zero attached hydrogens (tertiary/aromatic N) is 19. The Morgan fingerprint density at radius 2 is 0.860 bits per heavy atom. The molecule has 780 valence electrons. The number of pyridine rings is 8. The van der Waals surface area contributed by atoms with Crippen LogP contribution in [-0.2, 0) is 86.5 Å². The number of nitrogens with two attached hydrogens (primary N) is 1. The highest BCUT2D eigenvalue weighted by Crippen LogP contribution is 2.39. The number of likely N-dealkylation sites (tertiary alicyclic amines) is 1. The molecule has 9 atom stereocenters. The Morgan fingerprint density at radius 3 is 1.34 bits per heavy atom. The molecule has 13 aliphatic heterocycles. The van der Waals surface area contributed by atoms with Crippen LogP contribution in [0.1, 0.15) is 201 Å². The summed E-state index contributed by atoms with van der Waals surface area (Å²) < 4.78 is 28.0. The molecule has 9 fully saturated rings. The standard InChI is InChI=1S/2C21H18N4O.2C14H14BrN3O.C11H19NO4.2C10H15NO3.C7H5N.C5H5BrN2/c26-21-20-17(9-12-24-11-3-5-18(20)24)23-19-14-15(8-13-25(19)21)6-7-16-4-1-2-10-22-16;26-21-18-14-24-10-3-5-17(24)13-19(18)23-20-12-15(8-11-25(20)21)6-7-16-4-1-2-9-22-16;15-9-3-7-18-12(8-9)16-10-4-6-17-5-1-2-11(17)13(10)14(18)19;15-9-3-5-18-13(6-9)16-12-7-10-2-1-4-17(10)8-11(12)14(18)19;1-15-10(13)5-7-12-6-3-4-9(12)8-11(14)16-2;1-14-10(13)9-7-3-2-5-11(7)6-4-8(9)12;1-14-10(13)8-6-11-4-2-3-7(11)5-9(8)12;1-2-7-5-3-4-6-8-7;6-4-1-2-8-5(7)3-4/h1-2,4,8,10,13-14,18H,3,5,9,11-12H2;1-2,4,8-9,11-12,17H,3,5,10,13-14H2;3,7-8,11H,1-2,4-6H2;3,5-6,10H,1-2,4,7-8H2;9H,3-8H2,1-2H3;7,9H,2-6H2,1H3;7-8H,2-6H2,1H3;1,3-6H;1-3H,(H2,7,8)/t18-;17-;11-;10-;9-;7-,9?;7-,8?;;/m0000000../s1. The first kappa shape index (κ1) is 108. The van der Waals surface area contributed by atoms with Crippen molar-refractivity contribution in [3.63, 3.8) is 0 Å². The van der Waals surface area contributed by atoms with Crippen molar-refractivity contribution in [2.75, 3.05) is 113 Å². The van der Waals surface area contributed by atoms with E-state index in [1.807, 2.05) is 109 Å². The summed E-state index contributed by atoms with van der Waals surface area (Å²) >= 11 is 10.1. The van der Waals surface area contributed by atoms with Gasteiger partial charge in [0.25, 0.3) is 22.2 Å². The van der Waals surface area contributed by atoms with E-state index in [0.29, 0.717) is 85.7 Å². The number of ketones is 2. The van der Waals surface area contributed by atoms with Crippen molar-refractivity contribution in [1.82, 2.24) is 91.8 Å². The fourth-order valence-electron chi connectivity index (χ4n) is 22.5. The molecule has 0 saturated carbocycles. The van der Waals surface area contributed by atoms with E-state index in [0.717, 1.165) is 254 Å². The molecule has 25 rings (SSSR count). The van der Waals surface area contributed by atoms with Crippen molar-refractivity contribution in [2.45, 2.75) is 197 Å². The molecule has 37 heteroatoms. The second-order valence-electron chi connectivity index (χ2n) is 39.1. The Bertz CT molecular complexity index is 7370. The molecular weight excluding hydrogens is 2100 g/mol. The third-order valence-electron chi connectivity index (χ3n) is 30.1. The fraction of sp³-hybridized carbons (Fsp3) is 0.434. The minimum atomic E-state index is -0.533. The summed E-state index contributed by atoms with van der Waals surface area (Å²) in [4.78, 5) is 171. The van der Waals surface area contributed by atoms with Crippen LogP contribution in [-0.4, -0.2) is 264 Å². The lowest BCUT2D eigenvalue weighted by atomic mass is 9.88. The number of esters is 4. The summed E-state index contributed by atoms with van der Waals surface area (Å²) in [5.41, 5.74) is 19.8. The SMILES string of the molecule is C#Cc1ccccn1.COC(=O)C1C(=O)CCN2CCC[C@@H]12.COC(=O)C1CN2CCC[C@H]2CC1=O.COC(=O)CCN1CCC[C@H]1CC(=O)OC.Nc1cc(Br)ccn1.O=c1c2c(nc3cc(Br)ccn13)CCN1CCC[C@@H]21.O=c1c2c(nc3cc(Br)ccn13)C[C@@H]1CCCN1C2.O=c1c2c(nc3cc(C#Cc4ccccn4)ccn13)CCN1CCC[C@@H]21.O=c1c2c(nc3cc(C#Cc4ccccn4)ccn13)C[C@@H]1CCCN1C2. The van der Waals surface area contributed by atoms with E-state index in [1.54, 1.807) is 73.1 Å². The largest absolute Gasteiger partial charge is 0.469 e.